The van der Waals surface area contributed by atoms with Gasteiger partial charge in [-0.3, -0.25) is 0 Å². The molecule has 0 aliphatic carbocycles. The number of carboxylic acid groups (broad SMARTS) is 1. The second-order valence-corrected chi connectivity index (χ2v) is 6.42. The number of hydrogen-bond donors (Lipinski definition) is 1. The van der Waals surface area contributed by atoms with E-state index in [1.165, 1.54) is 0 Å². The van der Waals surface area contributed by atoms with Gasteiger partial charge < -0.3 is 14.4 Å². The molecule has 0 bridgehead atoms. The molecule has 1 N–H and O–H groups in total. The van der Waals surface area contributed by atoms with Crippen molar-refractivity contribution < 1.29 is 19.2 Å². The van der Waals surface area contributed by atoms with E-state index in [0.29, 0.717) is 5.56 Å². The van der Waals surface area contributed by atoms with Crippen LogP contribution in [0.3, 0.4) is 0 Å². The van der Waals surface area contributed by atoms with Crippen LogP contribution in [0.2, 0.25) is 0 Å². The van der Waals surface area contributed by atoms with Gasteiger partial charge in [-0.05, 0) is 58.6 Å². The summed E-state index contributed by atoms with van der Waals surface area (Å²) < 4.78 is 12.0. The fourth-order valence-electron chi connectivity index (χ4n) is 2.32. The molecule has 0 spiro atoms. The summed E-state index contributed by atoms with van der Waals surface area (Å²) >= 11 is 0. The van der Waals surface area contributed by atoms with Crippen molar-refractivity contribution in [2.75, 3.05) is 0 Å². The molecule has 4 nitrogen and oxygen atoms in total. The van der Waals surface area contributed by atoms with E-state index in [0.717, 1.165) is 16.6 Å². The lowest BCUT2D eigenvalue weighted by Gasteiger charge is -2.32. The van der Waals surface area contributed by atoms with Crippen LogP contribution in [0.4, 0.5) is 0 Å². The Morgan fingerprint density at radius 3 is 2.00 bits per heavy atom. The topological polar surface area (TPSA) is 55.8 Å². The summed E-state index contributed by atoms with van der Waals surface area (Å²) in [6.07, 6.45) is 0. The van der Waals surface area contributed by atoms with Gasteiger partial charge in [-0.25, -0.2) is 4.79 Å². The first-order chi connectivity index (χ1) is 9.05. The zero-order chi connectivity index (χ0) is 15.3. The highest BCUT2D eigenvalue weighted by Crippen LogP contribution is 2.36. The molecule has 0 atom stereocenters. The predicted molar refractivity (Wildman–Crippen MR) is 78.6 cm³/mol. The lowest BCUT2D eigenvalue weighted by molar-refractivity contribution is 0.00578. The molecule has 0 aromatic heterocycles. The minimum atomic E-state index is -0.930. The quantitative estimate of drug-likeness (QED) is 0.842. The highest BCUT2D eigenvalue weighted by Gasteiger charge is 2.52. The first-order valence-electron chi connectivity index (χ1n) is 6.75. The molecule has 0 amide bonds. The van der Waals surface area contributed by atoms with Crippen molar-refractivity contribution in [3.05, 3.63) is 28.8 Å². The normalized spacial score (nSPS) is 20.2. The number of carbonyl (C=O) groups is 1. The zero-order valence-electron chi connectivity index (χ0n) is 12.9. The minimum Gasteiger partial charge on any atom is -0.478 e. The molecule has 2 rings (SSSR count). The van der Waals surface area contributed by atoms with E-state index in [1.807, 2.05) is 40.7 Å². The third-order valence-corrected chi connectivity index (χ3v) is 4.35. The largest absolute Gasteiger partial charge is 0.495 e. The van der Waals surface area contributed by atoms with E-state index in [9.17, 15) is 9.90 Å². The molecule has 1 heterocycles. The van der Waals surface area contributed by atoms with Crippen LogP contribution in [0.5, 0.6) is 0 Å². The van der Waals surface area contributed by atoms with Crippen molar-refractivity contribution in [3.63, 3.8) is 0 Å². The van der Waals surface area contributed by atoms with Crippen LogP contribution in [0.25, 0.3) is 0 Å². The van der Waals surface area contributed by atoms with Crippen LogP contribution in [-0.2, 0) is 9.31 Å². The maximum absolute atomic E-state index is 11.3. The third kappa shape index (κ3) is 2.36. The van der Waals surface area contributed by atoms with Crippen molar-refractivity contribution in [1.82, 2.24) is 0 Å². The van der Waals surface area contributed by atoms with E-state index in [4.69, 9.17) is 9.31 Å². The molecule has 5 heteroatoms. The predicted octanol–water partition coefficient (Wildman–Crippen LogP) is 2.30. The fraction of sp³-hybridized carbons (Fsp3) is 0.533. The van der Waals surface area contributed by atoms with E-state index in [2.05, 4.69) is 0 Å². The van der Waals surface area contributed by atoms with Crippen LogP contribution < -0.4 is 5.46 Å². The highest BCUT2D eigenvalue weighted by atomic mass is 16.7. The van der Waals surface area contributed by atoms with Crippen molar-refractivity contribution >= 4 is 18.6 Å². The number of rotatable bonds is 2. The first kappa shape index (κ1) is 15.1. The van der Waals surface area contributed by atoms with Gasteiger partial charge in [0.15, 0.2) is 0 Å². The molecule has 0 unspecified atom stereocenters. The summed E-state index contributed by atoms with van der Waals surface area (Å²) in [5.74, 6) is -0.930. The average Bonchev–Trinajstić information content (AvgIpc) is 2.47. The van der Waals surface area contributed by atoms with Gasteiger partial charge in [0, 0.05) is 0 Å². The Hall–Kier alpha value is -1.33. The Morgan fingerprint density at radius 2 is 1.55 bits per heavy atom. The number of aryl methyl sites for hydroxylation is 2. The summed E-state index contributed by atoms with van der Waals surface area (Å²) in [5.41, 5.74) is 1.93. The zero-order valence-corrected chi connectivity index (χ0v) is 12.9. The van der Waals surface area contributed by atoms with Crippen LogP contribution in [0.1, 0.15) is 49.2 Å². The van der Waals surface area contributed by atoms with E-state index in [1.54, 1.807) is 13.0 Å². The fourth-order valence-corrected chi connectivity index (χ4v) is 2.32. The Bertz CT molecular complexity index is 547. The Labute approximate surface area is 120 Å². The summed E-state index contributed by atoms with van der Waals surface area (Å²) in [4.78, 5) is 11.3. The van der Waals surface area contributed by atoms with Crippen LogP contribution in [0.15, 0.2) is 12.1 Å². The smallest absolute Gasteiger partial charge is 0.478 e. The van der Waals surface area contributed by atoms with Gasteiger partial charge in [-0.2, -0.15) is 0 Å². The molecule has 1 aliphatic rings. The molecular weight excluding hydrogens is 255 g/mol. The summed E-state index contributed by atoms with van der Waals surface area (Å²) in [6, 6.07) is 3.53. The molecule has 1 aliphatic heterocycles. The molecule has 1 fully saturated rings. The van der Waals surface area contributed by atoms with Crippen molar-refractivity contribution in [1.29, 1.82) is 0 Å². The van der Waals surface area contributed by atoms with Crippen LogP contribution in [-0.4, -0.2) is 29.4 Å². The average molecular weight is 276 g/mol. The maximum Gasteiger partial charge on any atom is 0.495 e. The third-order valence-electron chi connectivity index (χ3n) is 4.35. The Balaban J connectivity index is 2.45. The standard InChI is InChI=1S/C15H21BO4/c1-9-7-10(2)12(8-11(9)13(17)18)16-19-14(3,4)15(5,6)20-16/h7-8H,1-6H3,(H,17,18). The monoisotopic (exact) mass is 276 g/mol. The number of hydrogen-bond acceptors (Lipinski definition) is 3. The van der Waals surface area contributed by atoms with Gasteiger partial charge in [0.1, 0.15) is 0 Å². The second kappa shape index (κ2) is 4.60. The van der Waals surface area contributed by atoms with Gasteiger partial charge >= 0.3 is 13.1 Å². The van der Waals surface area contributed by atoms with Gasteiger partial charge in [-0.1, -0.05) is 11.6 Å². The van der Waals surface area contributed by atoms with Crippen molar-refractivity contribution in [2.24, 2.45) is 0 Å². The summed E-state index contributed by atoms with van der Waals surface area (Å²) in [7, 11) is -0.529. The van der Waals surface area contributed by atoms with Gasteiger partial charge in [0.25, 0.3) is 0 Å². The molecule has 0 saturated carbocycles. The second-order valence-electron chi connectivity index (χ2n) is 6.42. The van der Waals surface area contributed by atoms with Crippen LogP contribution >= 0.6 is 0 Å². The SMILES string of the molecule is Cc1cc(C)c(C(=O)O)cc1B1OC(C)(C)C(C)(C)O1. The molecule has 1 aromatic carbocycles. The summed E-state index contributed by atoms with van der Waals surface area (Å²) in [6.45, 7) is 11.7. The van der Waals surface area contributed by atoms with Crippen molar-refractivity contribution in [2.45, 2.75) is 52.7 Å². The van der Waals surface area contributed by atoms with E-state index in [-0.39, 0.29) is 0 Å². The minimum absolute atomic E-state index is 0.292. The number of aromatic carboxylic acids is 1. The van der Waals surface area contributed by atoms with Crippen molar-refractivity contribution in [3.8, 4) is 0 Å². The number of carboxylic acids is 1. The number of benzene rings is 1. The van der Waals surface area contributed by atoms with Crippen LogP contribution in [0, 0.1) is 13.8 Å². The molecular formula is C15H21BO4. The molecule has 20 heavy (non-hydrogen) atoms. The highest BCUT2D eigenvalue weighted by molar-refractivity contribution is 6.62. The first-order valence-corrected chi connectivity index (χ1v) is 6.75. The molecule has 1 aromatic rings. The van der Waals surface area contributed by atoms with Gasteiger partial charge in [-0.15, -0.1) is 0 Å². The summed E-state index contributed by atoms with van der Waals surface area (Å²) in [5, 5.41) is 9.25. The van der Waals surface area contributed by atoms with Gasteiger partial charge in [0.05, 0.1) is 16.8 Å². The molecule has 108 valence electrons. The maximum atomic E-state index is 11.3. The molecule has 1 saturated heterocycles. The lowest BCUT2D eigenvalue weighted by Crippen LogP contribution is -2.41. The lowest BCUT2D eigenvalue weighted by atomic mass is 9.75. The van der Waals surface area contributed by atoms with Gasteiger partial charge in [0.2, 0.25) is 0 Å². The molecule has 0 radical (unpaired) electrons. The van der Waals surface area contributed by atoms with E-state index >= 15 is 0 Å². The Kier molecular flexibility index (Phi) is 3.47. The van der Waals surface area contributed by atoms with E-state index < -0.39 is 24.3 Å². The Morgan fingerprint density at radius 1 is 1.05 bits per heavy atom.